The van der Waals surface area contributed by atoms with E-state index in [-0.39, 0.29) is 16.7 Å². The van der Waals surface area contributed by atoms with Crippen LogP contribution in [0, 0.1) is 12.3 Å². The van der Waals surface area contributed by atoms with Crippen LogP contribution in [0.5, 0.6) is 11.5 Å². The molecule has 0 saturated carbocycles. The minimum atomic E-state index is -3.09. The zero-order valence-corrected chi connectivity index (χ0v) is 15.1. The van der Waals surface area contributed by atoms with Gasteiger partial charge in [-0.15, -0.1) is 6.42 Å². The number of terminal acetylenes is 1. The number of aromatic nitrogens is 2. The first-order valence-electron chi connectivity index (χ1n) is 12.5. The van der Waals surface area contributed by atoms with Gasteiger partial charge >= 0.3 is 0 Å². The number of hydrogen-bond acceptors (Lipinski definition) is 7. The summed E-state index contributed by atoms with van der Waals surface area (Å²) in [6, 6.07) is 9.33. The van der Waals surface area contributed by atoms with E-state index >= 15 is 0 Å². The minimum absolute atomic E-state index is 0.206. The van der Waals surface area contributed by atoms with E-state index in [2.05, 4.69) is 21.2 Å². The molecule has 3 aromatic rings. The van der Waals surface area contributed by atoms with Crippen molar-refractivity contribution in [2.75, 3.05) is 44.8 Å². The molecule has 1 aliphatic heterocycles. The Balaban J connectivity index is 1.86. The summed E-state index contributed by atoms with van der Waals surface area (Å²) < 4.78 is 85.0. The van der Waals surface area contributed by atoms with E-state index in [0.29, 0.717) is 11.3 Å². The van der Waals surface area contributed by atoms with Gasteiger partial charge in [0, 0.05) is 22.7 Å². The zero-order chi connectivity index (χ0) is 27.1. The van der Waals surface area contributed by atoms with Crippen LogP contribution < -0.4 is 14.8 Å². The molecule has 0 atom stereocenters. The smallest absolute Gasteiger partial charge is 0.163 e. The van der Waals surface area contributed by atoms with Gasteiger partial charge in [-0.1, -0.05) is 12.0 Å². The van der Waals surface area contributed by atoms with Crippen molar-refractivity contribution in [3.8, 4) is 23.8 Å². The standard InChI is InChI=1S/C22H21N3O4/c1-2-16-4-3-5-17(12-16)25-22-18-13-20-21(14-19(18)23-15-24-22)29-11-9-27-7-6-26-8-10-28-20/h1,3-5,12-15H,6-11H2,(H,23,24,25)/i8D2,9D2,10D2,11D2. The van der Waals surface area contributed by atoms with Crippen LogP contribution in [0.3, 0.4) is 0 Å². The molecule has 0 radical (unpaired) electrons. The summed E-state index contributed by atoms with van der Waals surface area (Å²) in [6.45, 7) is -13.3. The van der Waals surface area contributed by atoms with Crippen LogP contribution in [0.1, 0.15) is 16.5 Å². The summed E-state index contributed by atoms with van der Waals surface area (Å²) >= 11 is 0. The maximum atomic E-state index is 8.17. The van der Waals surface area contributed by atoms with Crippen LogP contribution in [0.4, 0.5) is 11.5 Å². The molecule has 1 N–H and O–H groups in total. The Morgan fingerprint density at radius 1 is 0.966 bits per heavy atom. The highest BCUT2D eigenvalue weighted by molar-refractivity contribution is 5.93. The predicted molar refractivity (Wildman–Crippen MR) is 110 cm³/mol. The van der Waals surface area contributed by atoms with Crippen LogP contribution >= 0.6 is 0 Å². The van der Waals surface area contributed by atoms with Gasteiger partial charge in [0.05, 0.1) is 42.8 Å². The number of fused-ring (bicyclic) bond motifs is 2. The van der Waals surface area contributed by atoms with Gasteiger partial charge in [0.15, 0.2) is 11.5 Å². The van der Waals surface area contributed by atoms with Crippen LogP contribution in [0.2, 0.25) is 0 Å². The number of anilines is 2. The second-order valence-electron chi connectivity index (χ2n) is 5.70. The molecule has 0 aliphatic carbocycles. The van der Waals surface area contributed by atoms with Gasteiger partial charge in [0.1, 0.15) is 25.3 Å². The third-order valence-electron chi connectivity index (χ3n) is 3.83. The highest BCUT2D eigenvalue weighted by Gasteiger charge is 2.13. The zero-order valence-electron chi connectivity index (χ0n) is 23.1. The van der Waals surface area contributed by atoms with E-state index in [1.807, 2.05) is 0 Å². The van der Waals surface area contributed by atoms with Gasteiger partial charge < -0.3 is 24.3 Å². The van der Waals surface area contributed by atoms with E-state index in [4.69, 9.17) is 36.3 Å². The van der Waals surface area contributed by atoms with Crippen molar-refractivity contribution in [1.29, 1.82) is 0 Å². The molecule has 7 heteroatoms. The molecule has 148 valence electrons. The Labute approximate surface area is 180 Å². The number of rotatable bonds is 2. The quantitative estimate of drug-likeness (QED) is 0.664. The Morgan fingerprint density at radius 2 is 1.72 bits per heavy atom. The van der Waals surface area contributed by atoms with Crippen molar-refractivity contribution in [1.82, 2.24) is 9.97 Å². The summed E-state index contributed by atoms with van der Waals surface area (Å²) in [7, 11) is 0. The highest BCUT2D eigenvalue weighted by Crippen LogP contribution is 2.35. The molecule has 7 nitrogen and oxygen atoms in total. The lowest BCUT2D eigenvalue weighted by Gasteiger charge is -2.16. The lowest BCUT2D eigenvalue weighted by atomic mass is 10.2. The van der Waals surface area contributed by atoms with Crippen molar-refractivity contribution in [2.24, 2.45) is 0 Å². The normalized spacial score (nSPS) is 26.0. The SMILES string of the molecule is [2H]C1([2H])OCCOC([2H])([2H])C([2H])([2H])Oc2cc3c(Nc4cccc(C#C)c4)ncnc3cc2OC1([2H])[2H]. The second kappa shape index (κ2) is 9.24. The summed E-state index contributed by atoms with van der Waals surface area (Å²) in [5.41, 5.74) is 1.40. The van der Waals surface area contributed by atoms with Crippen LogP contribution in [0.15, 0.2) is 42.7 Å². The summed E-state index contributed by atoms with van der Waals surface area (Å²) in [5, 5.41) is 3.35. The first-order valence-corrected chi connectivity index (χ1v) is 8.53. The van der Waals surface area contributed by atoms with Gasteiger partial charge in [-0.05, 0) is 24.3 Å². The molecule has 4 rings (SSSR count). The first-order chi connectivity index (χ1) is 17.2. The number of nitrogens with zero attached hydrogens (tertiary/aromatic N) is 2. The van der Waals surface area contributed by atoms with Crippen molar-refractivity contribution < 1.29 is 29.9 Å². The Kier molecular flexibility index (Phi) is 3.70. The fourth-order valence-corrected chi connectivity index (χ4v) is 2.54. The number of benzene rings is 2. The lowest BCUT2D eigenvalue weighted by Crippen LogP contribution is -2.15. The molecule has 1 aromatic heterocycles. The molecule has 2 heterocycles. The van der Waals surface area contributed by atoms with Crippen molar-refractivity contribution >= 4 is 22.4 Å². The third kappa shape index (κ3) is 4.74. The topological polar surface area (TPSA) is 74.7 Å². The molecule has 2 aromatic carbocycles. The van der Waals surface area contributed by atoms with Gasteiger partial charge in [-0.3, -0.25) is 0 Å². The van der Waals surface area contributed by atoms with Crippen molar-refractivity contribution in [3.63, 3.8) is 0 Å². The maximum Gasteiger partial charge on any atom is 0.163 e. The molecular formula is C22H21N3O4. The van der Waals surface area contributed by atoms with E-state index in [1.54, 1.807) is 24.3 Å². The molecule has 0 spiro atoms. The highest BCUT2D eigenvalue weighted by atomic mass is 16.6. The molecule has 29 heavy (non-hydrogen) atoms. The molecule has 0 unspecified atom stereocenters. The van der Waals surface area contributed by atoms with Gasteiger partial charge in [-0.25, -0.2) is 9.97 Å². The lowest BCUT2D eigenvalue weighted by molar-refractivity contribution is 0.0224. The number of nitrogens with one attached hydrogen (secondary N) is 1. The van der Waals surface area contributed by atoms with Crippen LogP contribution in [0.25, 0.3) is 10.9 Å². The summed E-state index contributed by atoms with van der Waals surface area (Å²) in [6.07, 6.45) is 6.69. The number of ether oxygens (including phenoxy) is 4. The average Bonchev–Trinajstić information content (AvgIpc) is 2.81. The molecule has 1 aliphatic rings. The summed E-state index contributed by atoms with van der Waals surface area (Å²) in [4.78, 5) is 8.35. The van der Waals surface area contributed by atoms with Gasteiger partial charge in [0.25, 0.3) is 0 Å². The van der Waals surface area contributed by atoms with E-state index < -0.39 is 50.9 Å². The molecule has 0 saturated heterocycles. The van der Waals surface area contributed by atoms with Crippen molar-refractivity contribution in [2.45, 2.75) is 0 Å². The third-order valence-corrected chi connectivity index (χ3v) is 3.83. The fraction of sp³-hybridized carbons (Fsp3) is 0.273. The largest absolute Gasteiger partial charge is 0.487 e. The Hall–Kier alpha value is -3.34. The van der Waals surface area contributed by atoms with E-state index in [9.17, 15) is 0 Å². The Bertz CT molecular complexity index is 1360. The van der Waals surface area contributed by atoms with Gasteiger partial charge in [0.2, 0.25) is 0 Å². The molecule has 0 bridgehead atoms. The van der Waals surface area contributed by atoms with Crippen LogP contribution in [-0.4, -0.2) is 49.4 Å². The van der Waals surface area contributed by atoms with E-state index in [1.165, 1.54) is 18.5 Å². The van der Waals surface area contributed by atoms with Crippen molar-refractivity contribution in [3.05, 3.63) is 48.3 Å². The Morgan fingerprint density at radius 3 is 2.48 bits per heavy atom. The fourth-order valence-electron chi connectivity index (χ4n) is 2.54. The first kappa shape index (κ1) is 11.6. The monoisotopic (exact) mass is 399 g/mol. The van der Waals surface area contributed by atoms with E-state index in [0.717, 1.165) is 0 Å². The number of hydrogen-bond donors (Lipinski definition) is 1. The second-order valence-corrected chi connectivity index (χ2v) is 5.70. The van der Waals surface area contributed by atoms with Crippen LogP contribution in [-0.2, 0) is 9.47 Å². The van der Waals surface area contributed by atoms with Gasteiger partial charge in [-0.2, -0.15) is 0 Å². The molecule has 0 fully saturated rings. The summed E-state index contributed by atoms with van der Waals surface area (Å²) in [5.74, 6) is 1.86. The predicted octanol–water partition coefficient (Wildman–Crippen LogP) is 3.16. The molecule has 0 amide bonds. The molecular weight excluding hydrogens is 370 g/mol. The maximum absolute atomic E-state index is 8.17. The average molecular weight is 399 g/mol. The minimum Gasteiger partial charge on any atom is -0.487 e.